The second-order valence-corrected chi connectivity index (χ2v) is 6.70. The van der Waals surface area contributed by atoms with Crippen LogP contribution in [0.5, 0.6) is 5.75 Å². The van der Waals surface area contributed by atoms with Crippen LogP contribution in [0.2, 0.25) is 0 Å². The zero-order chi connectivity index (χ0) is 16.2. The first-order valence-electron chi connectivity index (χ1n) is 7.78. The molecule has 122 valence electrons. The van der Waals surface area contributed by atoms with E-state index >= 15 is 0 Å². The molecule has 1 atom stereocenters. The first kappa shape index (κ1) is 16.8. The predicted molar refractivity (Wildman–Crippen MR) is 87.0 cm³/mol. The van der Waals surface area contributed by atoms with Gasteiger partial charge in [-0.25, -0.2) is 0 Å². The highest BCUT2D eigenvalue weighted by Crippen LogP contribution is 2.22. The van der Waals surface area contributed by atoms with Gasteiger partial charge in [-0.15, -0.1) is 0 Å². The summed E-state index contributed by atoms with van der Waals surface area (Å²) in [6, 6.07) is 6.86. The van der Waals surface area contributed by atoms with Gasteiger partial charge in [0.2, 0.25) is 5.91 Å². The second kappa shape index (κ2) is 7.11. The summed E-state index contributed by atoms with van der Waals surface area (Å²) in [7, 11) is 0. The molecule has 1 aromatic carbocycles. The van der Waals surface area contributed by atoms with Crippen molar-refractivity contribution in [3.05, 3.63) is 24.3 Å². The Morgan fingerprint density at radius 3 is 2.41 bits per heavy atom. The number of hydrogen-bond acceptors (Lipinski definition) is 4. The van der Waals surface area contributed by atoms with Gasteiger partial charge in [-0.2, -0.15) is 0 Å². The van der Waals surface area contributed by atoms with Crippen molar-refractivity contribution >= 4 is 11.6 Å². The molecule has 0 aliphatic carbocycles. The molecule has 1 unspecified atom stereocenters. The summed E-state index contributed by atoms with van der Waals surface area (Å²) < 4.78 is 11.1. The number of anilines is 1. The van der Waals surface area contributed by atoms with E-state index in [0.717, 1.165) is 24.3 Å². The van der Waals surface area contributed by atoms with E-state index in [9.17, 15) is 4.79 Å². The lowest BCUT2D eigenvalue weighted by molar-refractivity contribution is -0.119. The van der Waals surface area contributed by atoms with Crippen LogP contribution in [-0.4, -0.2) is 30.8 Å². The molecule has 0 saturated carbocycles. The Morgan fingerprint density at radius 1 is 1.27 bits per heavy atom. The molecule has 0 aromatic heterocycles. The van der Waals surface area contributed by atoms with Gasteiger partial charge >= 0.3 is 0 Å². The van der Waals surface area contributed by atoms with Gasteiger partial charge in [0.05, 0.1) is 6.04 Å². The van der Waals surface area contributed by atoms with E-state index < -0.39 is 6.04 Å². The molecule has 5 heteroatoms. The Kier molecular flexibility index (Phi) is 5.42. The van der Waals surface area contributed by atoms with E-state index in [0.29, 0.717) is 13.2 Å². The number of ether oxygens (including phenoxy) is 2. The van der Waals surface area contributed by atoms with Gasteiger partial charge in [-0.3, -0.25) is 4.79 Å². The van der Waals surface area contributed by atoms with E-state index in [2.05, 4.69) is 5.32 Å². The molecule has 0 bridgehead atoms. The summed E-state index contributed by atoms with van der Waals surface area (Å²) in [6.45, 7) is 7.36. The highest BCUT2D eigenvalue weighted by atomic mass is 16.5. The summed E-state index contributed by atoms with van der Waals surface area (Å²) in [5.41, 5.74) is 6.55. The minimum Gasteiger partial charge on any atom is -0.488 e. The number of carbonyl (C=O) groups excluding carboxylic acids is 1. The van der Waals surface area contributed by atoms with Gasteiger partial charge in [-0.05, 0) is 63.8 Å². The molecular weight excluding hydrogens is 280 g/mol. The number of carbonyl (C=O) groups is 1. The third kappa shape index (κ3) is 5.00. The lowest BCUT2D eigenvalue weighted by atomic mass is 9.92. The number of amides is 1. The largest absolute Gasteiger partial charge is 0.488 e. The van der Waals surface area contributed by atoms with Crippen LogP contribution in [0.4, 0.5) is 5.69 Å². The monoisotopic (exact) mass is 306 g/mol. The van der Waals surface area contributed by atoms with Crippen molar-refractivity contribution in [2.75, 3.05) is 18.5 Å². The van der Waals surface area contributed by atoms with Gasteiger partial charge < -0.3 is 20.5 Å². The Labute approximate surface area is 132 Å². The highest BCUT2D eigenvalue weighted by Gasteiger charge is 2.26. The van der Waals surface area contributed by atoms with E-state index in [1.807, 2.05) is 45.0 Å². The molecule has 1 heterocycles. The molecular formula is C17H26N2O3. The maximum atomic E-state index is 12.2. The Morgan fingerprint density at radius 2 is 1.86 bits per heavy atom. The standard InChI is InChI=1S/C17H26N2O3/c1-17(2,3)22-14-6-4-13(5-7-14)19-16(20)15(18)12-8-10-21-11-9-12/h4-7,12,15H,8-11,18H2,1-3H3,(H,19,20). The van der Waals surface area contributed by atoms with E-state index in [4.69, 9.17) is 15.2 Å². The van der Waals surface area contributed by atoms with E-state index in [1.54, 1.807) is 0 Å². The lowest BCUT2D eigenvalue weighted by Gasteiger charge is -2.26. The van der Waals surface area contributed by atoms with Gasteiger partial charge in [-0.1, -0.05) is 0 Å². The number of hydrogen-bond donors (Lipinski definition) is 2. The Balaban J connectivity index is 1.91. The first-order valence-corrected chi connectivity index (χ1v) is 7.78. The maximum absolute atomic E-state index is 12.2. The molecule has 1 aliphatic heterocycles. The normalized spacial score (nSPS) is 17.8. The number of benzene rings is 1. The molecule has 1 saturated heterocycles. The topological polar surface area (TPSA) is 73.6 Å². The molecule has 22 heavy (non-hydrogen) atoms. The van der Waals surface area contributed by atoms with Crippen LogP contribution in [0.1, 0.15) is 33.6 Å². The number of nitrogens with two attached hydrogens (primary N) is 1. The fourth-order valence-electron chi connectivity index (χ4n) is 2.47. The average Bonchev–Trinajstić information content (AvgIpc) is 2.48. The minimum absolute atomic E-state index is 0.142. The second-order valence-electron chi connectivity index (χ2n) is 6.70. The third-order valence-electron chi connectivity index (χ3n) is 3.62. The average molecular weight is 306 g/mol. The molecule has 1 fully saturated rings. The summed E-state index contributed by atoms with van der Waals surface area (Å²) in [6.07, 6.45) is 1.68. The van der Waals surface area contributed by atoms with Crippen LogP contribution < -0.4 is 15.8 Å². The quantitative estimate of drug-likeness (QED) is 0.896. The molecule has 3 N–H and O–H groups in total. The molecule has 2 rings (SSSR count). The SMILES string of the molecule is CC(C)(C)Oc1ccc(NC(=O)C(N)C2CCOCC2)cc1. The molecule has 1 aliphatic rings. The van der Waals surface area contributed by atoms with Gasteiger partial charge in [0.15, 0.2) is 0 Å². The van der Waals surface area contributed by atoms with Gasteiger partial charge in [0.1, 0.15) is 11.4 Å². The molecule has 0 radical (unpaired) electrons. The van der Waals surface area contributed by atoms with Crippen molar-refractivity contribution in [3.8, 4) is 5.75 Å². The van der Waals surface area contributed by atoms with E-state index in [1.165, 1.54) is 0 Å². The smallest absolute Gasteiger partial charge is 0.241 e. The van der Waals surface area contributed by atoms with Crippen LogP contribution in [-0.2, 0) is 9.53 Å². The van der Waals surface area contributed by atoms with Crippen LogP contribution in [0.3, 0.4) is 0 Å². The molecule has 1 aromatic rings. The Bertz CT molecular complexity index is 488. The van der Waals surface area contributed by atoms with Crippen LogP contribution in [0.15, 0.2) is 24.3 Å². The van der Waals surface area contributed by atoms with Crippen molar-refractivity contribution in [1.29, 1.82) is 0 Å². The summed E-state index contributed by atoms with van der Waals surface area (Å²) >= 11 is 0. The minimum atomic E-state index is -0.491. The van der Waals surface area contributed by atoms with Crippen molar-refractivity contribution in [2.45, 2.75) is 45.3 Å². The fourth-order valence-corrected chi connectivity index (χ4v) is 2.47. The van der Waals surface area contributed by atoms with E-state index in [-0.39, 0.29) is 17.4 Å². The van der Waals surface area contributed by atoms with Crippen LogP contribution in [0.25, 0.3) is 0 Å². The van der Waals surface area contributed by atoms with Crippen molar-refractivity contribution in [1.82, 2.24) is 0 Å². The number of rotatable bonds is 4. The van der Waals surface area contributed by atoms with Gasteiger partial charge in [0, 0.05) is 18.9 Å². The summed E-state index contributed by atoms with van der Waals surface area (Å²) in [4.78, 5) is 12.2. The predicted octanol–water partition coefficient (Wildman–Crippen LogP) is 2.56. The van der Waals surface area contributed by atoms with Gasteiger partial charge in [0.25, 0.3) is 0 Å². The van der Waals surface area contributed by atoms with Crippen LogP contribution in [0, 0.1) is 5.92 Å². The zero-order valence-corrected chi connectivity index (χ0v) is 13.6. The third-order valence-corrected chi connectivity index (χ3v) is 3.62. The molecule has 0 spiro atoms. The summed E-state index contributed by atoms with van der Waals surface area (Å²) in [5.74, 6) is 0.827. The van der Waals surface area contributed by atoms with Crippen molar-refractivity contribution < 1.29 is 14.3 Å². The highest BCUT2D eigenvalue weighted by molar-refractivity contribution is 5.94. The molecule has 1 amide bonds. The van der Waals surface area contributed by atoms with Crippen LogP contribution >= 0.6 is 0 Å². The molecule has 5 nitrogen and oxygen atoms in total. The van der Waals surface area contributed by atoms with Crippen molar-refractivity contribution in [3.63, 3.8) is 0 Å². The fraction of sp³-hybridized carbons (Fsp3) is 0.588. The van der Waals surface area contributed by atoms with Crippen molar-refractivity contribution in [2.24, 2.45) is 11.7 Å². The first-order chi connectivity index (χ1) is 10.3. The lowest BCUT2D eigenvalue weighted by Crippen LogP contribution is -2.43. The number of nitrogens with one attached hydrogen (secondary N) is 1. The maximum Gasteiger partial charge on any atom is 0.241 e. The Hall–Kier alpha value is -1.59. The summed E-state index contributed by atoms with van der Waals surface area (Å²) in [5, 5.41) is 2.87. The zero-order valence-electron chi connectivity index (χ0n) is 13.6.